The molecule has 0 saturated carbocycles. The second-order valence-corrected chi connectivity index (χ2v) is 32.3. The molecule has 6 atom stereocenters. The summed E-state index contributed by atoms with van der Waals surface area (Å²) in [6.07, 6.45) is 51.6. The number of carbonyl (C=O) groups excluding carboxylic acids is 4. The zero-order valence-corrected chi connectivity index (χ0v) is 64.8. The number of phosphoric ester groups is 2. The predicted molar refractivity (Wildman–Crippen MR) is 391 cm³/mol. The van der Waals surface area contributed by atoms with Crippen LogP contribution in [0.5, 0.6) is 0 Å². The minimum Gasteiger partial charge on any atom is -0.462 e. The van der Waals surface area contributed by atoms with E-state index in [0.29, 0.717) is 25.7 Å². The van der Waals surface area contributed by atoms with Crippen molar-refractivity contribution in [3.05, 3.63) is 0 Å². The van der Waals surface area contributed by atoms with Crippen LogP contribution in [-0.4, -0.2) is 96.7 Å². The number of ether oxygens (including phenoxy) is 4. The number of phosphoric acid groups is 2. The van der Waals surface area contributed by atoms with Gasteiger partial charge in [0.25, 0.3) is 0 Å². The highest BCUT2D eigenvalue weighted by Crippen LogP contribution is 2.45. The molecule has 0 aromatic carbocycles. The van der Waals surface area contributed by atoms with Crippen molar-refractivity contribution in [1.29, 1.82) is 0 Å². The van der Waals surface area contributed by atoms with Crippen LogP contribution in [0.4, 0.5) is 0 Å². The molecule has 0 aromatic heterocycles. The Balaban J connectivity index is 5.19. The van der Waals surface area contributed by atoms with Crippen molar-refractivity contribution in [2.24, 2.45) is 23.7 Å². The van der Waals surface area contributed by atoms with Crippen LogP contribution in [-0.2, 0) is 65.4 Å². The summed E-state index contributed by atoms with van der Waals surface area (Å²) in [4.78, 5) is 72.8. The predicted octanol–water partition coefficient (Wildman–Crippen LogP) is 22.4. The first-order valence-electron chi connectivity index (χ1n) is 39.7. The van der Waals surface area contributed by atoms with E-state index in [2.05, 4.69) is 55.4 Å². The fourth-order valence-corrected chi connectivity index (χ4v) is 13.3. The number of aliphatic hydroxyl groups is 1. The molecule has 0 aliphatic rings. The Kier molecular flexibility index (Phi) is 65.0. The Morgan fingerprint density at radius 1 is 0.292 bits per heavy atom. The van der Waals surface area contributed by atoms with Gasteiger partial charge in [0.05, 0.1) is 26.4 Å². The first-order valence-corrected chi connectivity index (χ1v) is 42.7. The van der Waals surface area contributed by atoms with Gasteiger partial charge < -0.3 is 33.8 Å². The highest BCUT2D eigenvalue weighted by molar-refractivity contribution is 7.47. The number of carbonyl (C=O) groups is 4. The molecular weight excluding hydrogens is 1260 g/mol. The average Bonchev–Trinajstić information content (AvgIpc) is 1.92. The lowest BCUT2D eigenvalue weighted by Gasteiger charge is -2.21. The van der Waals surface area contributed by atoms with Crippen molar-refractivity contribution in [2.45, 2.75) is 408 Å². The summed E-state index contributed by atoms with van der Waals surface area (Å²) >= 11 is 0. The van der Waals surface area contributed by atoms with Crippen LogP contribution >= 0.6 is 15.6 Å². The summed E-state index contributed by atoms with van der Waals surface area (Å²) in [6, 6.07) is 0. The molecule has 0 rings (SSSR count). The molecule has 570 valence electrons. The maximum atomic E-state index is 13.1. The summed E-state index contributed by atoms with van der Waals surface area (Å²) in [7, 11) is -9.91. The molecule has 0 amide bonds. The first-order chi connectivity index (χ1) is 46.1. The Hall–Kier alpha value is -1.94. The Morgan fingerprint density at radius 3 is 0.740 bits per heavy atom. The van der Waals surface area contributed by atoms with E-state index in [9.17, 15) is 43.2 Å². The first kappa shape index (κ1) is 94.1. The molecule has 0 heterocycles. The van der Waals surface area contributed by atoms with Crippen LogP contribution < -0.4 is 0 Å². The van der Waals surface area contributed by atoms with Crippen LogP contribution in [0.15, 0.2) is 0 Å². The molecule has 3 N–H and O–H groups in total. The molecule has 0 radical (unpaired) electrons. The molecular formula is C77H150O17P2. The molecule has 0 aliphatic carbocycles. The summed E-state index contributed by atoms with van der Waals surface area (Å²) in [5, 5.41) is 10.6. The lowest BCUT2D eigenvalue weighted by Crippen LogP contribution is -2.30. The van der Waals surface area contributed by atoms with Crippen LogP contribution in [0.2, 0.25) is 0 Å². The highest BCUT2D eigenvalue weighted by atomic mass is 31.2. The zero-order chi connectivity index (χ0) is 71.0. The number of hydrogen-bond donors (Lipinski definition) is 3. The minimum absolute atomic E-state index is 0.102. The molecule has 0 bridgehead atoms. The van der Waals surface area contributed by atoms with Crippen molar-refractivity contribution in [2.75, 3.05) is 39.6 Å². The van der Waals surface area contributed by atoms with Crippen LogP contribution in [0.3, 0.4) is 0 Å². The average molecular weight is 1410 g/mol. The summed E-state index contributed by atoms with van der Waals surface area (Å²) < 4.78 is 68.5. The molecule has 0 saturated heterocycles. The van der Waals surface area contributed by atoms with E-state index in [1.807, 2.05) is 0 Å². The maximum Gasteiger partial charge on any atom is 0.472 e. The van der Waals surface area contributed by atoms with Crippen molar-refractivity contribution in [3.8, 4) is 0 Å². The van der Waals surface area contributed by atoms with E-state index in [-0.39, 0.29) is 25.7 Å². The summed E-state index contributed by atoms with van der Waals surface area (Å²) in [6.45, 7) is 14.2. The zero-order valence-electron chi connectivity index (χ0n) is 63.0. The molecule has 0 spiro atoms. The van der Waals surface area contributed by atoms with Gasteiger partial charge in [-0.1, -0.05) is 338 Å². The van der Waals surface area contributed by atoms with E-state index in [4.69, 9.17) is 37.0 Å². The number of rotatable bonds is 74. The summed E-state index contributed by atoms with van der Waals surface area (Å²) in [5.41, 5.74) is 0. The molecule has 0 fully saturated rings. The molecule has 17 nitrogen and oxygen atoms in total. The van der Waals surface area contributed by atoms with Gasteiger partial charge in [-0.15, -0.1) is 0 Å². The Morgan fingerprint density at radius 2 is 0.500 bits per heavy atom. The van der Waals surface area contributed by atoms with Gasteiger partial charge in [-0.2, -0.15) is 0 Å². The fraction of sp³-hybridized carbons (Fsp3) is 0.948. The third kappa shape index (κ3) is 69.2. The number of esters is 4. The molecule has 19 heteroatoms. The molecule has 96 heavy (non-hydrogen) atoms. The topological polar surface area (TPSA) is 237 Å². The van der Waals surface area contributed by atoms with Gasteiger partial charge in [0.1, 0.15) is 19.3 Å². The van der Waals surface area contributed by atoms with Gasteiger partial charge in [0, 0.05) is 25.7 Å². The lowest BCUT2D eigenvalue weighted by atomic mass is 10.00. The second kappa shape index (κ2) is 66.3. The number of unbranched alkanes of at least 4 members (excludes halogenated alkanes) is 39. The largest absolute Gasteiger partial charge is 0.472 e. The number of hydrogen-bond acceptors (Lipinski definition) is 15. The third-order valence-corrected chi connectivity index (χ3v) is 20.1. The normalized spacial score (nSPS) is 14.4. The van der Waals surface area contributed by atoms with Crippen LogP contribution in [0, 0.1) is 23.7 Å². The van der Waals surface area contributed by atoms with Gasteiger partial charge in [-0.05, 0) is 49.4 Å². The Bertz CT molecular complexity index is 1890. The van der Waals surface area contributed by atoms with Crippen LogP contribution in [0.1, 0.15) is 389 Å². The van der Waals surface area contributed by atoms with Crippen LogP contribution in [0.25, 0.3) is 0 Å². The van der Waals surface area contributed by atoms with E-state index < -0.39 is 97.5 Å². The van der Waals surface area contributed by atoms with E-state index in [1.54, 1.807) is 0 Å². The van der Waals surface area contributed by atoms with E-state index >= 15 is 0 Å². The standard InChI is InChI=1S/C77H150O17P2/c1-9-70(8)56-48-40-35-36-44-52-60-77(82)94-73(64-88-75(80)58-50-42-33-28-27-31-39-47-55-69(6)7)66-92-96(85,86)90-62-71(78)61-89-95(83,84)91-65-72(93-76(81)59-51-43-34-26-22-18-20-24-30-38-46-54-68(4)5)63-87-74(79)57-49-41-32-25-21-17-15-13-11-10-12-14-16-19-23-29-37-45-53-67(2)3/h67-73,78H,9-66H2,1-8H3,(H,83,84)(H,85,86)/t70?,71?,72-,73-/m1/s1. The van der Waals surface area contributed by atoms with Gasteiger partial charge in [-0.25, -0.2) is 9.13 Å². The van der Waals surface area contributed by atoms with Crippen molar-refractivity contribution < 1.29 is 80.2 Å². The maximum absolute atomic E-state index is 13.1. The van der Waals surface area contributed by atoms with Gasteiger partial charge in [0.15, 0.2) is 12.2 Å². The van der Waals surface area contributed by atoms with E-state index in [0.717, 1.165) is 114 Å². The minimum atomic E-state index is -4.96. The third-order valence-electron chi connectivity index (χ3n) is 18.2. The molecule has 0 aliphatic heterocycles. The SMILES string of the molecule is CCC(C)CCCCCCCCC(=O)O[C@H](COC(=O)CCCCCCCCCCC(C)C)COP(=O)(O)OCC(O)COP(=O)(O)OC[C@@H](COC(=O)CCCCCCCCCCCCCCCCCCCCC(C)C)OC(=O)CCCCCCCCCCCCCC(C)C. The lowest BCUT2D eigenvalue weighted by molar-refractivity contribution is -0.161. The quantitative estimate of drug-likeness (QED) is 0.0222. The molecule has 4 unspecified atom stereocenters. The monoisotopic (exact) mass is 1410 g/mol. The van der Waals surface area contributed by atoms with Gasteiger partial charge in [0.2, 0.25) is 0 Å². The van der Waals surface area contributed by atoms with Crippen molar-refractivity contribution in [1.82, 2.24) is 0 Å². The van der Waals surface area contributed by atoms with Gasteiger partial charge >= 0.3 is 39.5 Å². The molecule has 0 aromatic rings. The fourth-order valence-electron chi connectivity index (χ4n) is 11.7. The van der Waals surface area contributed by atoms with Gasteiger partial charge in [-0.3, -0.25) is 37.3 Å². The van der Waals surface area contributed by atoms with Crippen molar-refractivity contribution >= 4 is 39.5 Å². The highest BCUT2D eigenvalue weighted by Gasteiger charge is 2.30. The summed E-state index contributed by atoms with van der Waals surface area (Å²) in [5.74, 6) is 0.911. The van der Waals surface area contributed by atoms with Crippen molar-refractivity contribution in [3.63, 3.8) is 0 Å². The number of aliphatic hydroxyl groups excluding tert-OH is 1. The Labute approximate surface area is 588 Å². The smallest absolute Gasteiger partial charge is 0.462 e. The van der Waals surface area contributed by atoms with E-state index in [1.165, 1.54) is 193 Å². The second-order valence-electron chi connectivity index (χ2n) is 29.4.